The lowest BCUT2D eigenvalue weighted by molar-refractivity contribution is 0.0990. The topological polar surface area (TPSA) is 49.3 Å². The number of Topliss-reactive ketones (excluding diaryl/α,β-unsaturated/α-hetero) is 1. The predicted molar refractivity (Wildman–Crippen MR) is 65.1 cm³/mol. The first-order valence-electron chi connectivity index (χ1n) is 5.26. The van der Waals surface area contributed by atoms with Gasteiger partial charge in [-0.05, 0) is 43.7 Å². The highest BCUT2D eigenvalue weighted by Gasteiger charge is 2.06. The molecule has 4 heteroatoms. The van der Waals surface area contributed by atoms with Gasteiger partial charge in [0, 0.05) is 17.2 Å². The Morgan fingerprint density at radius 1 is 1.50 bits per heavy atom. The van der Waals surface area contributed by atoms with Crippen LogP contribution in [0.1, 0.15) is 22.3 Å². The molecule has 0 unspecified atom stereocenters. The number of hydrogen-bond donors (Lipinski definition) is 2. The molecule has 1 aromatic rings. The zero-order valence-electron chi connectivity index (χ0n) is 9.29. The zero-order valence-corrected chi connectivity index (χ0v) is 10.0. The predicted octanol–water partition coefficient (Wildman–Crippen LogP) is 1.80. The number of aliphatic hydroxyl groups is 1. The van der Waals surface area contributed by atoms with Gasteiger partial charge in [0.05, 0.1) is 6.54 Å². The Balaban J connectivity index is 2.50. The molecular formula is C12H16ClNO2. The van der Waals surface area contributed by atoms with E-state index in [0.29, 0.717) is 30.1 Å². The summed E-state index contributed by atoms with van der Waals surface area (Å²) in [6.45, 7) is 2.95. The lowest BCUT2D eigenvalue weighted by Gasteiger charge is -2.05. The Morgan fingerprint density at radius 2 is 2.25 bits per heavy atom. The largest absolute Gasteiger partial charge is 0.396 e. The van der Waals surface area contributed by atoms with Crippen LogP contribution in [0, 0.1) is 6.92 Å². The van der Waals surface area contributed by atoms with Crippen molar-refractivity contribution in [2.24, 2.45) is 0 Å². The van der Waals surface area contributed by atoms with Gasteiger partial charge in [0.1, 0.15) is 0 Å². The number of halogens is 1. The van der Waals surface area contributed by atoms with Gasteiger partial charge < -0.3 is 10.4 Å². The molecule has 0 aliphatic rings. The van der Waals surface area contributed by atoms with E-state index < -0.39 is 0 Å². The highest BCUT2D eigenvalue weighted by molar-refractivity contribution is 6.31. The van der Waals surface area contributed by atoms with Gasteiger partial charge >= 0.3 is 0 Å². The summed E-state index contributed by atoms with van der Waals surface area (Å²) in [5, 5.41) is 12.2. The van der Waals surface area contributed by atoms with Crippen LogP contribution < -0.4 is 5.32 Å². The lowest BCUT2D eigenvalue weighted by atomic mass is 10.1. The molecule has 0 fully saturated rings. The van der Waals surface area contributed by atoms with Crippen molar-refractivity contribution in [2.45, 2.75) is 13.3 Å². The number of hydrogen-bond acceptors (Lipinski definition) is 3. The average molecular weight is 242 g/mol. The van der Waals surface area contributed by atoms with Crippen molar-refractivity contribution in [3.63, 3.8) is 0 Å². The molecule has 0 atom stereocenters. The van der Waals surface area contributed by atoms with E-state index >= 15 is 0 Å². The molecule has 0 bridgehead atoms. The van der Waals surface area contributed by atoms with E-state index in [1.54, 1.807) is 18.2 Å². The van der Waals surface area contributed by atoms with E-state index in [2.05, 4.69) is 5.32 Å². The summed E-state index contributed by atoms with van der Waals surface area (Å²) >= 11 is 5.88. The summed E-state index contributed by atoms with van der Waals surface area (Å²) in [6.07, 6.45) is 0.660. The van der Waals surface area contributed by atoms with Crippen LogP contribution in [0.3, 0.4) is 0 Å². The van der Waals surface area contributed by atoms with Crippen LogP contribution in [0.2, 0.25) is 5.02 Å². The summed E-state index contributed by atoms with van der Waals surface area (Å²) in [5.41, 5.74) is 1.57. The van der Waals surface area contributed by atoms with Crippen molar-refractivity contribution in [1.82, 2.24) is 5.32 Å². The van der Waals surface area contributed by atoms with Crippen LogP contribution in [0.25, 0.3) is 0 Å². The molecule has 0 heterocycles. The summed E-state index contributed by atoms with van der Waals surface area (Å²) < 4.78 is 0. The first-order chi connectivity index (χ1) is 7.65. The molecule has 3 nitrogen and oxygen atoms in total. The Hall–Kier alpha value is -0.900. The zero-order chi connectivity index (χ0) is 12.0. The minimum Gasteiger partial charge on any atom is -0.396 e. The molecule has 0 aromatic heterocycles. The van der Waals surface area contributed by atoms with E-state index in [1.165, 1.54) is 0 Å². The van der Waals surface area contributed by atoms with Crippen molar-refractivity contribution >= 4 is 17.4 Å². The monoisotopic (exact) mass is 241 g/mol. The van der Waals surface area contributed by atoms with Crippen molar-refractivity contribution in [3.8, 4) is 0 Å². The highest BCUT2D eigenvalue weighted by Crippen LogP contribution is 2.16. The minimum atomic E-state index is 0.0395. The molecule has 1 rings (SSSR count). The number of aryl methyl sites for hydroxylation is 1. The highest BCUT2D eigenvalue weighted by atomic mass is 35.5. The normalized spacial score (nSPS) is 10.4. The fourth-order valence-electron chi connectivity index (χ4n) is 1.33. The van der Waals surface area contributed by atoms with Gasteiger partial charge in [0.2, 0.25) is 0 Å². The van der Waals surface area contributed by atoms with Gasteiger partial charge in [0.25, 0.3) is 0 Å². The number of benzene rings is 1. The van der Waals surface area contributed by atoms with Crippen molar-refractivity contribution < 1.29 is 9.90 Å². The van der Waals surface area contributed by atoms with Crippen LogP contribution in [0.15, 0.2) is 18.2 Å². The van der Waals surface area contributed by atoms with Crippen LogP contribution in [-0.4, -0.2) is 30.6 Å². The van der Waals surface area contributed by atoms with E-state index in [9.17, 15) is 4.79 Å². The van der Waals surface area contributed by atoms with Crippen LogP contribution >= 0.6 is 11.6 Å². The van der Waals surface area contributed by atoms with Gasteiger partial charge in [-0.15, -0.1) is 0 Å². The van der Waals surface area contributed by atoms with Crippen LogP contribution in [0.4, 0.5) is 0 Å². The second-order valence-corrected chi connectivity index (χ2v) is 4.05. The second kappa shape index (κ2) is 6.63. The standard InChI is InChI=1S/C12H16ClNO2/c1-9-7-10(3-4-11(9)13)12(16)8-14-5-2-6-15/h3-4,7,14-15H,2,5-6,8H2,1H3. The molecule has 2 N–H and O–H groups in total. The second-order valence-electron chi connectivity index (χ2n) is 3.64. The third-order valence-corrected chi connectivity index (χ3v) is 2.70. The molecule has 0 saturated heterocycles. The first kappa shape index (κ1) is 13.2. The number of rotatable bonds is 6. The molecule has 0 spiro atoms. The van der Waals surface area contributed by atoms with Gasteiger partial charge in [0.15, 0.2) is 5.78 Å². The fraction of sp³-hybridized carbons (Fsp3) is 0.417. The fourth-order valence-corrected chi connectivity index (χ4v) is 1.44. The van der Waals surface area contributed by atoms with Gasteiger partial charge in [-0.3, -0.25) is 4.79 Å². The maximum Gasteiger partial charge on any atom is 0.176 e. The molecular weight excluding hydrogens is 226 g/mol. The summed E-state index contributed by atoms with van der Waals surface area (Å²) in [7, 11) is 0. The van der Waals surface area contributed by atoms with E-state index in [1.807, 2.05) is 6.92 Å². The molecule has 16 heavy (non-hydrogen) atoms. The van der Waals surface area contributed by atoms with E-state index in [-0.39, 0.29) is 12.4 Å². The maximum absolute atomic E-state index is 11.7. The van der Waals surface area contributed by atoms with Gasteiger partial charge in [-0.2, -0.15) is 0 Å². The Kier molecular flexibility index (Phi) is 5.46. The Bertz CT molecular complexity index is 366. The summed E-state index contributed by atoms with van der Waals surface area (Å²) in [4.78, 5) is 11.7. The third-order valence-electron chi connectivity index (χ3n) is 2.28. The number of aliphatic hydroxyl groups excluding tert-OH is 1. The van der Waals surface area contributed by atoms with Gasteiger partial charge in [-0.25, -0.2) is 0 Å². The number of carbonyl (C=O) groups excluding carboxylic acids is 1. The lowest BCUT2D eigenvalue weighted by Crippen LogP contribution is -2.24. The van der Waals surface area contributed by atoms with Gasteiger partial charge in [-0.1, -0.05) is 11.6 Å². The maximum atomic E-state index is 11.7. The van der Waals surface area contributed by atoms with Crippen molar-refractivity contribution in [1.29, 1.82) is 0 Å². The Morgan fingerprint density at radius 3 is 2.88 bits per heavy atom. The summed E-state index contributed by atoms with van der Waals surface area (Å²) in [5.74, 6) is 0.0395. The summed E-state index contributed by atoms with van der Waals surface area (Å²) in [6, 6.07) is 5.25. The van der Waals surface area contributed by atoms with Crippen LogP contribution in [0.5, 0.6) is 0 Å². The molecule has 0 radical (unpaired) electrons. The quantitative estimate of drug-likeness (QED) is 0.590. The Labute approximate surface area is 100 Å². The minimum absolute atomic E-state index is 0.0395. The molecule has 0 saturated carbocycles. The average Bonchev–Trinajstić information content (AvgIpc) is 2.28. The third kappa shape index (κ3) is 3.93. The molecule has 0 amide bonds. The number of carbonyl (C=O) groups is 1. The number of nitrogens with one attached hydrogen (secondary N) is 1. The number of ketones is 1. The van der Waals surface area contributed by atoms with Crippen molar-refractivity contribution in [3.05, 3.63) is 34.3 Å². The smallest absolute Gasteiger partial charge is 0.176 e. The molecule has 0 aliphatic carbocycles. The molecule has 0 aliphatic heterocycles. The van der Waals surface area contributed by atoms with E-state index in [4.69, 9.17) is 16.7 Å². The molecule has 1 aromatic carbocycles. The SMILES string of the molecule is Cc1cc(C(=O)CNCCCO)ccc1Cl. The van der Waals surface area contributed by atoms with Crippen molar-refractivity contribution in [2.75, 3.05) is 19.7 Å². The van der Waals surface area contributed by atoms with Crippen LogP contribution in [-0.2, 0) is 0 Å². The first-order valence-corrected chi connectivity index (χ1v) is 5.64. The van der Waals surface area contributed by atoms with E-state index in [0.717, 1.165) is 5.56 Å². The molecule has 88 valence electrons.